The van der Waals surface area contributed by atoms with Crippen molar-refractivity contribution in [1.29, 1.82) is 0 Å². The molecule has 0 radical (unpaired) electrons. The topological polar surface area (TPSA) is 59.0 Å². The minimum atomic E-state index is -4.47. The Bertz CT molecular complexity index is 619. The lowest BCUT2D eigenvalue weighted by molar-refractivity contribution is -0.193. The molecule has 2 aliphatic carbocycles. The van der Waals surface area contributed by atoms with Gasteiger partial charge in [0.25, 0.3) is 0 Å². The highest BCUT2D eigenvalue weighted by atomic mass is 19.4. The predicted molar refractivity (Wildman–Crippen MR) is 83.8 cm³/mol. The molecule has 0 aliphatic heterocycles. The monoisotopic (exact) mass is 344 g/mol. The highest BCUT2D eigenvalue weighted by Crippen LogP contribution is 2.48. The number of hydrogen-bond acceptors (Lipinski definition) is 2. The molecule has 2 amide bonds. The second-order valence-electron chi connectivity index (χ2n) is 6.99. The molecule has 5 nitrogen and oxygen atoms in total. The summed E-state index contributed by atoms with van der Waals surface area (Å²) < 4.78 is 41.9. The van der Waals surface area contributed by atoms with E-state index in [0.717, 1.165) is 38.4 Å². The first-order chi connectivity index (χ1) is 11.3. The van der Waals surface area contributed by atoms with Gasteiger partial charge < -0.3 is 10.6 Å². The Morgan fingerprint density at radius 2 is 2.00 bits per heavy atom. The fourth-order valence-electron chi connectivity index (χ4n) is 3.12. The average Bonchev–Trinajstić information content (AvgIpc) is 3.37. The van der Waals surface area contributed by atoms with E-state index in [1.54, 1.807) is 0 Å². The van der Waals surface area contributed by atoms with E-state index >= 15 is 0 Å². The van der Waals surface area contributed by atoms with Gasteiger partial charge in [-0.15, -0.1) is 0 Å². The van der Waals surface area contributed by atoms with Crippen molar-refractivity contribution in [3.05, 3.63) is 11.9 Å². The number of urea groups is 1. The van der Waals surface area contributed by atoms with Crippen LogP contribution in [0.15, 0.2) is 6.20 Å². The summed E-state index contributed by atoms with van der Waals surface area (Å²) in [6.07, 6.45) is 0.973. The van der Waals surface area contributed by atoms with Crippen LogP contribution in [0.25, 0.3) is 0 Å². The van der Waals surface area contributed by atoms with Gasteiger partial charge in [-0.2, -0.15) is 18.3 Å². The van der Waals surface area contributed by atoms with Crippen molar-refractivity contribution in [2.75, 3.05) is 5.32 Å². The maximum atomic E-state index is 13.4. The quantitative estimate of drug-likeness (QED) is 0.819. The van der Waals surface area contributed by atoms with E-state index in [2.05, 4.69) is 15.7 Å². The van der Waals surface area contributed by atoms with Gasteiger partial charge in [-0.05, 0) is 44.9 Å². The lowest BCUT2D eigenvalue weighted by Crippen LogP contribution is -2.59. The van der Waals surface area contributed by atoms with E-state index in [1.807, 2.05) is 11.6 Å². The van der Waals surface area contributed by atoms with Crippen LogP contribution in [-0.4, -0.2) is 27.5 Å². The number of aryl methyl sites for hydroxylation is 1. The van der Waals surface area contributed by atoms with Crippen LogP contribution in [0.4, 0.5) is 23.7 Å². The maximum absolute atomic E-state index is 13.4. The van der Waals surface area contributed by atoms with Gasteiger partial charge in [-0.3, -0.25) is 4.68 Å². The number of amides is 2. The van der Waals surface area contributed by atoms with Gasteiger partial charge in [0.05, 0.1) is 17.6 Å². The summed E-state index contributed by atoms with van der Waals surface area (Å²) in [6, 6.07) is -0.820. The van der Waals surface area contributed by atoms with E-state index in [1.165, 1.54) is 6.20 Å². The van der Waals surface area contributed by atoms with Gasteiger partial charge in [0.2, 0.25) is 0 Å². The summed E-state index contributed by atoms with van der Waals surface area (Å²) in [5.74, 6) is -0.208. The van der Waals surface area contributed by atoms with E-state index in [-0.39, 0.29) is 0 Å². The van der Waals surface area contributed by atoms with Crippen LogP contribution >= 0.6 is 0 Å². The number of carbonyl (C=O) groups is 1. The molecule has 1 aromatic heterocycles. The molecule has 1 heterocycles. The molecule has 1 atom stereocenters. The number of nitrogens with zero attached hydrogens (tertiary/aromatic N) is 2. The molecule has 2 saturated carbocycles. The first kappa shape index (κ1) is 17.1. The van der Waals surface area contributed by atoms with Gasteiger partial charge in [-0.25, -0.2) is 4.79 Å². The van der Waals surface area contributed by atoms with E-state index in [0.29, 0.717) is 24.4 Å². The molecular formula is C16H23F3N4O. The Hall–Kier alpha value is -1.73. The molecule has 0 bridgehead atoms. The van der Waals surface area contributed by atoms with Crippen molar-refractivity contribution in [3.63, 3.8) is 0 Å². The standard InChI is InChI=1S/C16H23F3N4O/c1-3-8-23-13(10-4-5-10)12(9-20-23)21-14(24)22-15(2,11-6-7-11)16(17,18)19/h9-11H,3-8H2,1-2H3,(H2,21,22,24). The molecule has 1 unspecified atom stereocenters. The minimum absolute atomic E-state index is 0.340. The third-order valence-corrected chi connectivity index (χ3v) is 4.88. The molecule has 24 heavy (non-hydrogen) atoms. The van der Waals surface area contributed by atoms with Gasteiger partial charge in [-0.1, -0.05) is 6.92 Å². The number of halogens is 3. The van der Waals surface area contributed by atoms with Crippen molar-refractivity contribution in [3.8, 4) is 0 Å². The summed E-state index contributed by atoms with van der Waals surface area (Å²) in [5, 5.41) is 9.01. The van der Waals surface area contributed by atoms with Crippen LogP contribution in [0.2, 0.25) is 0 Å². The second-order valence-corrected chi connectivity index (χ2v) is 6.99. The normalized spacial score (nSPS) is 20.5. The average molecular weight is 344 g/mol. The second kappa shape index (κ2) is 5.97. The summed E-state index contributed by atoms with van der Waals surface area (Å²) in [5.41, 5.74) is -0.744. The summed E-state index contributed by atoms with van der Waals surface area (Å²) in [7, 11) is 0. The van der Waals surface area contributed by atoms with Crippen molar-refractivity contribution in [2.45, 2.75) is 70.1 Å². The molecule has 8 heteroatoms. The Labute approximate surface area is 139 Å². The number of nitrogens with one attached hydrogen (secondary N) is 2. The van der Waals surface area contributed by atoms with Gasteiger partial charge in [0, 0.05) is 12.5 Å². The van der Waals surface area contributed by atoms with Crippen LogP contribution < -0.4 is 10.6 Å². The Balaban J connectivity index is 1.73. The molecule has 0 aromatic carbocycles. The Morgan fingerprint density at radius 1 is 1.33 bits per heavy atom. The molecule has 134 valence electrons. The fraction of sp³-hybridized carbons (Fsp3) is 0.750. The third-order valence-electron chi connectivity index (χ3n) is 4.88. The van der Waals surface area contributed by atoms with Crippen LogP contribution in [0.5, 0.6) is 0 Å². The largest absolute Gasteiger partial charge is 0.411 e. The number of aromatic nitrogens is 2. The van der Waals surface area contributed by atoms with Crippen molar-refractivity contribution in [2.24, 2.45) is 5.92 Å². The smallest absolute Gasteiger partial charge is 0.323 e. The van der Waals surface area contributed by atoms with Crippen LogP contribution in [0, 0.1) is 5.92 Å². The first-order valence-electron chi connectivity index (χ1n) is 8.48. The minimum Gasteiger partial charge on any atom is -0.323 e. The third kappa shape index (κ3) is 3.23. The highest BCUT2D eigenvalue weighted by Gasteiger charge is 2.60. The first-order valence-corrected chi connectivity index (χ1v) is 8.48. The summed E-state index contributed by atoms with van der Waals surface area (Å²) >= 11 is 0. The highest BCUT2D eigenvalue weighted by molar-refractivity contribution is 5.90. The number of anilines is 1. The van der Waals surface area contributed by atoms with Crippen LogP contribution in [0.3, 0.4) is 0 Å². The lowest BCUT2D eigenvalue weighted by Gasteiger charge is -2.33. The van der Waals surface area contributed by atoms with Crippen LogP contribution in [-0.2, 0) is 6.54 Å². The molecule has 1 aromatic rings. The summed E-state index contributed by atoms with van der Waals surface area (Å²) in [6.45, 7) is 3.83. The zero-order chi connectivity index (χ0) is 17.5. The van der Waals surface area contributed by atoms with Crippen LogP contribution in [0.1, 0.15) is 57.6 Å². The Kier molecular flexibility index (Phi) is 4.25. The molecular weight excluding hydrogens is 321 g/mol. The summed E-state index contributed by atoms with van der Waals surface area (Å²) in [4.78, 5) is 12.2. The zero-order valence-electron chi connectivity index (χ0n) is 13.9. The van der Waals surface area contributed by atoms with Gasteiger partial charge >= 0.3 is 12.2 Å². The SMILES string of the molecule is CCCn1ncc(NC(=O)NC(C)(C2CC2)C(F)(F)F)c1C1CC1. The van der Waals surface area contributed by atoms with Crippen molar-refractivity contribution >= 4 is 11.7 Å². The molecule has 0 saturated heterocycles. The molecule has 3 rings (SSSR count). The Morgan fingerprint density at radius 3 is 2.50 bits per heavy atom. The van der Waals surface area contributed by atoms with Crippen molar-refractivity contribution in [1.82, 2.24) is 15.1 Å². The number of alkyl halides is 3. The number of carbonyl (C=O) groups excluding carboxylic acids is 1. The number of hydrogen-bond donors (Lipinski definition) is 2. The van der Waals surface area contributed by atoms with Gasteiger partial charge in [0.1, 0.15) is 5.54 Å². The van der Waals surface area contributed by atoms with Crippen molar-refractivity contribution < 1.29 is 18.0 Å². The van der Waals surface area contributed by atoms with Gasteiger partial charge in [0.15, 0.2) is 0 Å². The van der Waals surface area contributed by atoms with E-state index < -0.39 is 23.7 Å². The van der Waals surface area contributed by atoms with E-state index in [4.69, 9.17) is 0 Å². The molecule has 2 N–H and O–H groups in total. The molecule has 2 aliphatic rings. The lowest BCUT2D eigenvalue weighted by atomic mass is 9.95. The zero-order valence-corrected chi connectivity index (χ0v) is 13.9. The number of rotatable bonds is 6. The fourth-order valence-corrected chi connectivity index (χ4v) is 3.12. The molecule has 0 spiro atoms. The van der Waals surface area contributed by atoms with E-state index in [9.17, 15) is 18.0 Å². The maximum Gasteiger partial charge on any atom is 0.411 e. The molecule has 2 fully saturated rings. The predicted octanol–water partition coefficient (Wildman–Crippen LogP) is 4.02.